The molecule has 2 aromatic rings. The van der Waals surface area contributed by atoms with Crippen LogP contribution in [0.15, 0.2) is 54.6 Å². The van der Waals surface area contributed by atoms with E-state index in [1.807, 2.05) is 0 Å². The summed E-state index contributed by atoms with van der Waals surface area (Å²) in [5.74, 6) is 1.65. The van der Waals surface area contributed by atoms with Crippen LogP contribution in [0.2, 0.25) is 0 Å². The quantitative estimate of drug-likeness (QED) is 0.586. The Labute approximate surface area is 159 Å². The van der Waals surface area contributed by atoms with Crippen LogP contribution in [0.25, 0.3) is 0 Å². The Kier molecular flexibility index (Phi) is 7.57. The number of hydrogen-bond acceptors (Lipinski definition) is 2. The third-order valence-electron chi connectivity index (χ3n) is 5.54. The van der Waals surface area contributed by atoms with Gasteiger partial charge in [0.2, 0.25) is 0 Å². The van der Waals surface area contributed by atoms with E-state index in [0.29, 0.717) is 5.92 Å². The number of likely N-dealkylation sites (tertiary alicyclic amines) is 1. The van der Waals surface area contributed by atoms with E-state index in [0.717, 1.165) is 18.8 Å². The highest BCUT2D eigenvalue weighted by molar-refractivity contribution is 5.31. The summed E-state index contributed by atoms with van der Waals surface area (Å²) in [5, 5.41) is 0. The standard InChI is InChI=1S/C24H33NO/c1-2-21(15-18-25-16-7-4-8-17-25)20-26-24-13-11-23(12-14-24)19-22-9-5-3-6-10-22/h3,5-6,9-14,21H,2,4,7-8,15-20H2,1H3. The van der Waals surface area contributed by atoms with E-state index in [2.05, 4.69) is 66.4 Å². The number of nitrogens with zero attached hydrogens (tertiary/aromatic N) is 1. The Morgan fingerprint density at radius 3 is 2.27 bits per heavy atom. The zero-order valence-corrected chi connectivity index (χ0v) is 16.2. The third-order valence-corrected chi connectivity index (χ3v) is 5.54. The summed E-state index contributed by atoms with van der Waals surface area (Å²) in [4.78, 5) is 2.63. The lowest BCUT2D eigenvalue weighted by atomic mass is 10.0. The number of piperidine rings is 1. The molecule has 2 nitrogen and oxygen atoms in total. The largest absolute Gasteiger partial charge is 0.493 e. The molecule has 0 bridgehead atoms. The third kappa shape index (κ3) is 6.17. The number of hydrogen-bond donors (Lipinski definition) is 0. The maximum atomic E-state index is 6.09. The zero-order chi connectivity index (χ0) is 18.0. The van der Waals surface area contributed by atoms with Gasteiger partial charge >= 0.3 is 0 Å². The van der Waals surface area contributed by atoms with Crippen molar-refractivity contribution in [1.82, 2.24) is 4.90 Å². The van der Waals surface area contributed by atoms with Gasteiger partial charge in [-0.15, -0.1) is 0 Å². The van der Waals surface area contributed by atoms with Gasteiger partial charge in [0.05, 0.1) is 6.61 Å². The molecular weight excluding hydrogens is 318 g/mol. The maximum Gasteiger partial charge on any atom is 0.119 e. The summed E-state index contributed by atoms with van der Waals surface area (Å²) in [6, 6.07) is 19.2. The van der Waals surface area contributed by atoms with E-state index in [4.69, 9.17) is 4.74 Å². The van der Waals surface area contributed by atoms with E-state index >= 15 is 0 Å². The minimum Gasteiger partial charge on any atom is -0.493 e. The Morgan fingerprint density at radius 1 is 0.885 bits per heavy atom. The molecule has 2 heteroatoms. The second kappa shape index (κ2) is 10.4. The van der Waals surface area contributed by atoms with Crippen molar-refractivity contribution in [3.8, 4) is 5.75 Å². The van der Waals surface area contributed by atoms with Gasteiger partial charge in [-0.2, -0.15) is 0 Å². The average molecular weight is 352 g/mol. The molecule has 1 fully saturated rings. The maximum absolute atomic E-state index is 6.09. The fraction of sp³-hybridized carbons (Fsp3) is 0.500. The summed E-state index contributed by atoms with van der Waals surface area (Å²) >= 11 is 0. The van der Waals surface area contributed by atoms with Crippen molar-refractivity contribution in [3.63, 3.8) is 0 Å². The van der Waals surface area contributed by atoms with Crippen LogP contribution in [0, 0.1) is 5.92 Å². The molecule has 1 heterocycles. The molecular formula is C24H33NO. The van der Waals surface area contributed by atoms with E-state index in [9.17, 15) is 0 Å². The Bertz CT molecular complexity index is 616. The normalized spacial score (nSPS) is 16.3. The summed E-state index contributed by atoms with van der Waals surface area (Å²) in [6.45, 7) is 6.94. The smallest absolute Gasteiger partial charge is 0.119 e. The Hall–Kier alpha value is -1.80. The van der Waals surface area contributed by atoms with Crippen molar-refractivity contribution in [3.05, 3.63) is 65.7 Å². The minimum atomic E-state index is 0.654. The molecule has 0 aromatic heterocycles. The van der Waals surface area contributed by atoms with Gasteiger partial charge in [0.25, 0.3) is 0 Å². The lowest BCUT2D eigenvalue weighted by molar-refractivity contribution is 0.183. The number of ether oxygens (including phenoxy) is 1. The van der Waals surface area contributed by atoms with E-state index in [-0.39, 0.29) is 0 Å². The molecule has 1 aliphatic rings. The van der Waals surface area contributed by atoms with Gasteiger partial charge in [0.15, 0.2) is 0 Å². The van der Waals surface area contributed by atoms with Crippen molar-refractivity contribution >= 4 is 0 Å². The van der Waals surface area contributed by atoms with Crippen LogP contribution in [0.5, 0.6) is 5.75 Å². The molecule has 0 N–H and O–H groups in total. The van der Waals surface area contributed by atoms with Gasteiger partial charge in [0.1, 0.15) is 5.75 Å². The van der Waals surface area contributed by atoms with Gasteiger partial charge in [-0.1, -0.05) is 62.2 Å². The SMILES string of the molecule is CCC(CCN1CCCCC1)COc1ccc(Cc2ccccc2)cc1. The first kappa shape index (κ1) is 19.0. The first-order valence-electron chi connectivity index (χ1n) is 10.3. The second-order valence-corrected chi connectivity index (χ2v) is 7.58. The van der Waals surface area contributed by atoms with Gasteiger partial charge in [-0.05, 0) is 74.5 Å². The van der Waals surface area contributed by atoms with Crippen molar-refractivity contribution in [2.45, 2.75) is 45.4 Å². The molecule has 0 aliphatic carbocycles. The highest BCUT2D eigenvalue weighted by atomic mass is 16.5. The second-order valence-electron chi connectivity index (χ2n) is 7.58. The van der Waals surface area contributed by atoms with Crippen molar-refractivity contribution < 1.29 is 4.74 Å². The molecule has 0 saturated carbocycles. The molecule has 2 aromatic carbocycles. The topological polar surface area (TPSA) is 12.5 Å². The predicted octanol–water partition coefficient (Wildman–Crippen LogP) is 5.56. The highest BCUT2D eigenvalue weighted by Crippen LogP contribution is 2.18. The summed E-state index contributed by atoms with van der Waals surface area (Å²) in [6.07, 6.45) is 7.60. The molecule has 0 radical (unpaired) electrons. The molecule has 3 rings (SSSR count). The first-order valence-corrected chi connectivity index (χ1v) is 10.3. The average Bonchev–Trinajstić information content (AvgIpc) is 2.71. The lowest BCUT2D eigenvalue weighted by Crippen LogP contribution is -2.32. The van der Waals surface area contributed by atoms with Crippen molar-refractivity contribution in [1.29, 1.82) is 0 Å². The summed E-state index contributed by atoms with van der Waals surface area (Å²) < 4.78 is 6.09. The molecule has 1 unspecified atom stereocenters. The van der Waals surface area contributed by atoms with Gasteiger partial charge in [-0.25, -0.2) is 0 Å². The van der Waals surface area contributed by atoms with E-state index < -0.39 is 0 Å². The van der Waals surface area contributed by atoms with Gasteiger partial charge < -0.3 is 9.64 Å². The van der Waals surface area contributed by atoms with Crippen molar-refractivity contribution in [2.24, 2.45) is 5.92 Å². The van der Waals surface area contributed by atoms with Crippen LogP contribution in [0.4, 0.5) is 0 Å². The van der Waals surface area contributed by atoms with Crippen LogP contribution in [-0.2, 0) is 6.42 Å². The van der Waals surface area contributed by atoms with E-state index in [1.54, 1.807) is 0 Å². The molecule has 0 spiro atoms. The fourth-order valence-electron chi connectivity index (χ4n) is 3.70. The first-order chi connectivity index (χ1) is 12.8. The van der Waals surface area contributed by atoms with E-state index in [1.165, 1.54) is 62.9 Å². The Morgan fingerprint density at radius 2 is 1.58 bits per heavy atom. The molecule has 0 amide bonds. The van der Waals surface area contributed by atoms with Gasteiger partial charge in [-0.3, -0.25) is 0 Å². The molecule has 1 atom stereocenters. The fourth-order valence-corrected chi connectivity index (χ4v) is 3.70. The minimum absolute atomic E-state index is 0.654. The summed E-state index contributed by atoms with van der Waals surface area (Å²) in [5.41, 5.74) is 2.69. The zero-order valence-electron chi connectivity index (χ0n) is 16.2. The molecule has 1 saturated heterocycles. The van der Waals surface area contributed by atoms with Crippen LogP contribution in [0.1, 0.15) is 50.2 Å². The number of rotatable bonds is 9. The highest BCUT2D eigenvalue weighted by Gasteiger charge is 2.13. The lowest BCUT2D eigenvalue weighted by Gasteiger charge is -2.28. The van der Waals surface area contributed by atoms with Crippen molar-refractivity contribution in [2.75, 3.05) is 26.2 Å². The molecule has 140 valence electrons. The Balaban J connectivity index is 1.42. The summed E-state index contributed by atoms with van der Waals surface area (Å²) in [7, 11) is 0. The predicted molar refractivity (Wildman–Crippen MR) is 110 cm³/mol. The molecule has 26 heavy (non-hydrogen) atoms. The van der Waals surface area contributed by atoms with Crippen LogP contribution in [-0.4, -0.2) is 31.1 Å². The molecule has 1 aliphatic heterocycles. The monoisotopic (exact) mass is 351 g/mol. The van der Waals surface area contributed by atoms with Crippen LogP contribution >= 0.6 is 0 Å². The van der Waals surface area contributed by atoms with Crippen LogP contribution in [0.3, 0.4) is 0 Å². The number of benzene rings is 2. The van der Waals surface area contributed by atoms with Crippen LogP contribution < -0.4 is 4.74 Å². The van der Waals surface area contributed by atoms with Gasteiger partial charge in [0, 0.05) is 0 Å².